The summed E-state index contributed by atoms with van der Waals surface area (Å²) in [6.45, 7) is 5.85. The summed E-state index contributed by atoms with van der Waals surface area (Å²) >= 11 is 0. The Kier molecular flexibility index (Phi) is 8.86. The fraction of sp³-hybridized carbons (Fsp3) is 0.455. The molecule has 3 aromatic rings. The molecule has 0 fully saturated rings. The Labute approximate surface area is 200 Å². The van der Waals surface area contributed by atoms with Gasteiger partial charge in [-0.2, -0.15) is 5.10 Å². The highest BCUT2D eigenvalue weighted by atomic mass is 127. The Bertz CT molecular complexity index is 964. The van der Waals surface area contributed by atoms with Crippen LogP contribution in [0.5, 0.6) is 0 Å². The molecule has 0 unspecified atom stereocenters. The van der Waals surface area contributed by atoms with Crippen molar-refractivity contribution in [3.05, 3.63) is 65.5 Å². The number of aromatic nitrogens is 5. The van der Waals surface area contributed by atoms with Gasteiger partial charge in [-0.25, -0.2) is 4.99 Å². The van der Waals surface area contributed by atoms with E-state index in [9.17, 15) is 0 Å². The number of aryl methyl sites for hydroxylation is 1. The van der Waals surface area contributed by atoms with Crippen LogP contribution in [0.4, 0.5) is 0 Å². The number of guanidine groups is 1. The molecule has 3 heterocycles. The molecule has 8 nitrogen and oxygen atoms in total. The van der Waals surface area contributed by atoms with Crippen LogP contribution in [-0.4, -0.2) is 37.0 Å². The van der Waals surface area contributed by atoms with Gasteiger partial charge in [0.15, 0.2) is 11.8 Å². The Morgan fingerprint density at radius 3 is 2.74 bits per heavy atom. The van der Waals surface area contributed by atoms with Gasteiger partial charge in [-0.15, -0.1) is 34.2 Å². The third-order valence-electron chi connectivity index (χ3n) is 5.36. The quantitative estimate of drug-likeness (QED) is 0.277. The van der Waals surface area contributed by atoms with Crippen LogP contribution >= 0.6 is 24.0 Å². The van der Waals surface area contributed by atoms with Gasteiger partial charge in [0.2, 0.25) is 0 Å². The molecular formula is C22H31IN8. The first-order valence-electron chi connectivity index (χ1n) is 10.8. The molecule has 2 N–H and O–H groups in total. The second-order valence-electron chi connectivity index (χ2n) is 7.52. The number of benzene rings is 1. The Hall–Kier alpha value is -2.43. The third kappa shape index (κ3) is 6.28. The zero-order valence-corrected chi connectivity index (χ0v) is 20.3. The van der Waals surface area contributed by atoms with Gasteiger partial charge < -0.3 is 15.2 Å². The van der Waals surface area contributed by atoms with Gasteiger partial charge in [0.25, 0.3) is 0 Å². The summed E-state index contributed by atoms with van der Waals surface area (Å²) < 4.78 is 4.20. The topological polar surface area (TPSA) is 84.9 Å². The number of rotatable bonds is 7. The van der Waals surface area contributed by atoms with E-state index in [4.69, 9.17) is 4.99 Å². The molecule has 0 saturated carbocycles. The zero-order chi connectivity index (χ0) is 20.6. The molecule has 0 saturated heterocycles. The van der Waals surface area contributed by atoms with Gasteiger partial charge in [0, 0.05) is 31.9 Å². The van der Waals surface area contributed by atoms with Crippen molar-refractivity contribution in [2.45, 2.75) is 58.8 Å². The van der Waals surface area contributed by atoms with E-state index in [1.165, 1.54) is 30.4 Å². The van der Waals surface area contributed by atoms with Crippen molar-refractivity contribution >= 4 is 29.9 Å². The summed E-state index contributed by atoms with van der Waals surface area (Å²) in [4.78, 5) is 4.81. The summed E-state index contributed by atoms with van der Waals surface area (Å²) in [5, 5.41) is 19.9. The SMILES string of the molecule is CCNC(=NCc1ccccc1Cn1cccn1)NCc1nnc2n1CCCCC2.I. The van der Waals surface area contributed by atoms with Crippen LogP contribution in [0.3, 0.4) is 0 Å². The van der Waals surface area contributed by atoms with Crippen LogP contribution in [0.15, 0.2) is 47.7 Å². The lowest BCUT2D eigenvalue weighted by atomic mass is 10.1. The van der Waals surface area contributed by atoms with Crippen LogP contribution in [0.25, 0.3) is 0 Å². The van der Waals surface area contributed by atoms with E-state index in [0.29, 0.717) is 13.1 Å². The highest BCUT2D eigenvalue weighted by molar-refractivity contribution is 14.0. The molecule has 1 aromatic carbocycles. The predicted octanol–water partition coefficient (Wildman–Crippen LogP) is 3.12. The standard InChI is InChI=1S/C22H30N8.HI/c1-2-23-22(25-16-21-28-27-20-11-4-3-7-14-30(20)21)24-15-18-9-5-6-10-19(18)17-29-13-8-12-26-29;/h5-6,8-10,12-13H,2-4,7,11,14-17H2,1H3,(H2,23,24,25);1H. The maximum atomic E-state index is 4.81. The number of nitrogens with zero attached hydrogens (tertiary/aromatic N) is 6. The van der Waals surface area contributed by atoms with Crippen molar-refractivity contribution in [3.8, 4) is 0 Å². The fourth-order valence-electron chi connectivity index (χ4n) is 3.78. The van der Waals surface area contributed by atoms with Crippen molar-refractivity contribution in [3.63, 3.8) is 0 Å². The molecule has 2 aromatic heterocycles. The average Bonchev–Trinajstić information content (AvgIpc) is 3.35. The van der Waals surface area contributed by atoms with Gasteiger partial charge >= 0.3 is 0 Å². The molecule has 9 heteroatoms. The molecule has 1 aliphatic rings. The molecule has 166 valence electrons. The van der Waals surface area contributed by atoms with Crippen molar-refractivity contribution < 1.29 is 0 Å². The second kappa shape index (κ2) is 11.8. The summed E-state index contributed by atoms with van der Waals surface area (Å²) in [6, 6.07) is 10.3. The van der Waals surface area contributed by atoms with Crippen molar-refractivity contribution in [1.82, 2.24) is 35.2 Å². The molecule has 0 aliphatic carbocycles. The van der Waals surface area contributed by atoms with E-state index in [0.717, 1.165) is 43.7 Å². The average molecular weight is 534 g/mol. The van der Waals surface area contributed by atoms with E-state index in [1.54, 1.807) is 6.20 Å². The molecule has 31 heavy (non-hydrogen) atoms. The van der Waals surface area contributed by atoms with Gasteiger partial charge in [0.1, 0.15) is 5.82 Å². The lowest BCUT2D eigenvalue weighted by Gasteiger charge is -2.13. The summed E-state index contributed by atoms with van der Waals surface area (Å²) in [5.74, 6) is 2.88. The van der Waals surface area contributed by atoms with Crippen molar-refractivity contribution in [2.75, 3.05) is 6.54 Å². The molecule has 4 rings (SSSR count). The van der Waals surface area contributed by atoms with Gasteiger partial charge in [0.05, 0.1) is 19.6 Å². The van der Waals surface area contributed by atoms with E-state index in [2.05, 4.69) is 61.7 Å². The maximum Gasteiger partial charge on any atom is 0.191 e. The van der Waals surface area contributed by atoms with E-state index >= 15 is 0 Å². The fourth-order valence-corrected chi connectivity index (χ4v) is 3.78. The molecule has 0 amide bonds. The van der Waals surface area contributed by atoms with Gasteiger partial charge in [-0.1, -0.05) is 30.7 Å². The number of hydrogen-bond donors (Lipinski definition) is 2. The van der Waals surface area contributed by atoms with Gasteiger partial charge in [-0.05, 0) is 37.0 Å². The Morgan fingerprint density at radius 2 is 1.94 bits per heavy atom. The second-order valence-corrected chi connectivity index (χ2v) is 7.52. The third-order valence-corrected chi connectivity index (χ3v) is 5.36. The minimum Gasteiger partial charge on any atom is -0.357 e. The number of fused-ring (bicyclic) bond motifs is 1. The highest BCUT2D eigenvalue weighted by Crippen LogP contribution is 2.14. The zero-order valence-electron chi connectivity index (χ0n) is 18.0. The van der Waals surface area contributed by atoms with Crippen LogP contribution < -0.4 is 10.6 Å². The molecular weight excluding hydrogens is 503 g/mol. The predicted molar refractivity (Wildman–Crippen MR) is 132 cm³/mol. The highest BCUT2D eigenvalue weighted by Gasteiger charge is 2.14. The molecule has 1 aliphatic heterocycles. The largest absolute Gasteiger partial charge is 0.357 e. The first kappa shape index (κ1) is 23.2. The molecule has 0 atom stereocenters. The Balaban J connectivity index is 0.00000272. The van der Waals surface area contributed by atoms with Crippen LogP contribution in [0, 0.1) is 0 Å². The summed E-state index contributed by atoms with van der Waals surface area (Å²) in [5.41, 5.74) is 2.42. The minimum absolute atomic E-state index is 0. The molecule has 0 radical (unpaired) electrons. The minimum atomic E-state index is 0. The monoisotopic (exact) mass is 534 g/mol. The van der Waals surface area contributed by atoms with E-state index in [-0.39, 0.29) is 24.0 Å². The number of aliphatic imine (C=N–C) groups is 1. The van der Waals surface area contributed by atoms with E-state index in [1.807, 2.05) is 16.9 Å². The smallest absolute Gasteiger partial charge is 0.191 e. The molecule has 0 spiro atoms. The first-order chi connectivity index (χ1) is 14.8. The van der Waals surface area contributed by atoms with Crippen molar-refractivity contribution in [1.29, 1.82) is 0 Å². The first-order valence-corrected chi connectivity index (χ1v) is 10.8. The lowest BCUT2D eigenvalue weighted by Crippen LogP contribution is -2.37. The summed E-state index contributed by atoms with van der Waals surface area (Å²) in [6.07, 6.45) is 8.46. The van der Waals surface area contributed by atoms with E-state index < -0.39 is 0 Å². The molecule has 0 bridgehead atoms. The summed E-state index contributed by atoms with van der Waals surface area (Å²) in [7, 11) is 0. The number of halogens is 1. The van der Waals surface area contributed by atoms with Crippen LogP contribution in [0.1, 0.15) is 49.0 Å². The lowest BCUT2D eigenvalue weighted by molar-refractivity contribution is 0.596. The Morgan fingerprint density at radius 1 is 1.06 bits per heavy atom. The normalized spacial score (nSPS) is 13.8. The maximum absolute atomic E-state index is 4.81. The number of hydrogen-bond acceptors (Lipinski definition) is 4. The number of nitrogens with one attached hydrogen (secondary N) is 2. The van der Waals surface area contributed by atoms with Crippen molar-refractivity contribution in [2.24, 2.45) is 4.99 Å². The van der Waals surface area contributed by atoms with Crippen LogP contribution in [0.2, 0.25) is 0 Å². The van der Waals surface area contributed by atoms with Gasteiger partial charge in [-0.3, -0.25) is 4.68 Å². The van der Waals surface area contributed by atoms with Crippen LogP contribution in [-0.2, 0) is 32.6 Å².